The van der Waals surface area contributed by atoms with Crippen molar-refractivity contribution in [2.45, 2.75) is 39.8 Å². The molecule has 3 rings (SSSR count). The maximum absolute atomic E-state index is 13.3. The minimum absolute atomic E-state index is 0.0288. The van der Waals surface area contributed by atoms with E-state index in [0.717, 1.165) is 23.5 Å². The first-order valence-corrected chi connectivity index (χ1v) is 11.6. The number of nitrogens with zero attached hydrogens (tertiary/aromatic N) is 4. The number of amides is 2. The van der Waals surface area contributed by atoms with E-state index < -0.39 is 0 Å². The van der Waals surface area contributed by atoms with Crippen LogP contribution in [0.4, 0.5) is 4.79 Å². The summed E-state index contributed by atoms with van der Waals surface area (Å²) in [6, 6.07) is 20.3. The van der Waals surface area contributed by atoms with E-state index in [1.165, 1.54) is 5.56 Å². The Hall–Kier alpha value is -3.12. The second-order valence-corrected chi connectivity index (χ2v) is 9.75. The molecule has 0 radical (unpaired) electrons. The Morgan fingerprint density at radius 1 is 1.03 bits per heavy atom. The summed E-state index contributed by atoms with van der Waals surface area (Å²) in [6.45, 7) is 8.29. The zero-order valence-electron chi connectivity index (χ0n) is 20.5. The summed E-state index contributed by atoms with van der Waals surface area (Å²) in [4.78, 5) is 22.0. The molecule has 176 valence electrons. The Morgan fingerprint density at radius 2 is 1.64 bits per heavy atom. The van der Waals surface area contributed by atoms with E-state index in [4.69, 9.17) is 10.7 Å². The van der Waals surface area contributed by atoms with E-state index in [1.54, 1.807) is 19.0 Å². The zero-order chi connectivity index (χ0) is 24.0. The van der Waals surface area contributed by atoms with Crippen molar-refractivity contribution in [2.24, 2.45) is 11.1 Å². The van der Waals surface area contributed by atoms with E-state index in [1.807, 2.05) is 29.2 Å². The summed E-state index contributed by atoms with van der Waals surface area (Å²) < 4.78 is 2.20. The molecular weight excluding hydrogens is 410 g/mol. The van der Waals surface area contributed by atoms with Crippen molar-refractivity contribution >= 4 is 6.03 Å². The highest BCUT2D eigenvalue weighted by atomic mass is 16.2. The molecule has 1 atom stereocenters. The molecule has 0 fully saturated rings. The third-order valence-electron chi connectivity index (χ3n) is 5.68. The van der Waals surface area contributed by atoms with Gasteiger partial charge in [0.1, 0.15) is 5.82 Å². The Morgan fingerprint density at radius 3 is 2.18 bits per heavy atom. The van der Waals surface area contributed by atoms with Gasteiger partial charge in [0.25, 0.3) is 0 Å². The Labute approximate surface area is 198 Å². The van der Waals surface area contributed by atoms with Crippen LogP contribution in [-0.2, 0) is 6.54 Å². The number of rotatable bonds is 8. The molecule has 0 saturated heterocycles. The Balaban J connectivity index is 2.16. The smallest absolute Gasteiger partial charge is 0.320 e. The molecule has 0 bridgehead atoms. The molecule has 2 amide bonds. The standard InChI is InChI=1S/C27H37N5O/c1-27(2,3)24(32(18-12-17-28)26(33)30(4)5)25-29-23(22-15-10-7-11-16-22)20-31(25)19-21-13-8-6-9-14-21/h6-11,13-16,20,24H,12,17-19,28H2,1-5H3/t24-/m0/s1. The molecule has 0 aliphatic carbocycles. The number of nitrogens with two attached hydrogens (primary N) is 1. The number of urea groups is 1. The minimum atomic E-state index is -0.242. The lowest BCUT2D eigenvalue weighted by Crippen LogP contribution is -2.47. The van der Waals surface area contributed by atoms with E-state index in [0.29, 0.717) is 19.6 Å². The number of benzene rings is 2. The lowest BCUT2D eigenvalue weighted by atomic mass is 9.84. The highest BCUT2D eigenvalue weighted by Crippen LogP contribution is 2.39. The van der Waals surface area contributed by atoms with Crippen LogP contribution in [-0.4, -0.2) is 52.6 Å². The van der Waals surface area contributed by atoms with Gasteiger partial charge < -0.3 is 20.1 Å². The van der Waals surface area contributed by atoms with E-state index in [2.05, 4.69) is 67.9 Å². The maximum Gasteiger partial charge on any atom is 0.320 e. The first-order chi connectivity index (χ1) is 15.7. The highest BCUT2D eigenvalue weighted by molar-refractivity contribution is 5.74. The molecule has 6 heteroatoms. The Kier molecular flexibility index (Phi) is 7.92. The third kappa shape index (κ3) is 6.02. The zero-order valence-corrected chi connectivity index (χ0v) is 20.5. The van der Waals surface area contributed by atoms with Crippen LogP contribution in [0.2, 0.25) is 0 Å². The number of carbonyl (C=O) groups is 1. The van der Waals surface area contributed by atoms with Crippen molar-refractivity contribution in [1.29, 1.82) is 0 Å². The van der Waals surface area contributed by atoms with Crippen LogP contribution in [0.1, 0.15) is 44.6 Å². The fraction of sp³-hybridized carbons (Fsp3) is 0.407. The number of hydrogen-bond acceptors (Lipinski definition) is 3. The van der Waals surface area contributed by atoms with Crippen LogP contribution in [0, 0.1) is 5.41 Å². The van der Waals surface area contributed by atoms with Crippen LogP contribution in [0.15, 0.2) is 66.9 Å². The van der Waals surface area contributed by atoms with Gasteiger partial charge in [0, 0.05) is 38.9 Å². The van der Waals surface area contributed by atoms with Gasteiger partial charge in [-0.05, 0) is 23.9 Å². The third-order valence-corrected chi connectivity index (χ3v) is 5.68. The first-order valence-electron chi connectivity index (χ1n) is 11.6. The largest absolute Gasteiger partial charge is 0.331 e. The lowest BCUT2D eigenvalue weighted by Gasteiger charge is -2.41. The van der Waals surface area contributed by atoms with Crippen molar-refractivity contribution in [3.8, 4) is 11.3 Å². The van der Waals surface area contributed by atoms with E-state index in [9.17, 15) is 4.79 Å². The summed E-state index contributed by atoms with van der Waals surface area (Å²) in [5, 5.41) is 0. The summed E-state index contributed by atoms with van der Waals surface area (Å²) in [7, 11) is 3.59. The molecule has 6 nitrogen and oxygen atoms in total. The molecule has 0 saturated carbocycles. The number of hydrogen-bond donors (Lipinski definition) is 1. The molecule has 2 aromatic carbocycles. The van der Waals surface area contributed by atoms with Crippen molar-refractivity contribution in [2.75, 3.05) is 27.2 Å². The van der Waals surface area contributed by atoms with Crippen molar-refractivity contribution in [3.05, 3.63) is 78.2 Å². The second kappa shape index (κ2) is 10.7. The van der Waals surface area contributed by atoms with Gasteiger partial charge in [-0.25, -0.2) is 9.78 Å². The molecule has 1 heterocycles. The van der Waals surface area contributed by atoms with Gasteiger partial charge in [0.15, 0.2) is 0 Å². The maximum atomic E-state index is 13.3. The van der Waals surface area contributed by atoms with E-state index in [-0.39, 0.29) is 17.5 Å². The van der Waals surface area contributed by atoms with Crippen molar-refractivity contribution in [3.63, 3.8) is 0 Å². The molecule has 33 heavy (non-hydrogen) atoms. The Bertz CT molecular complexity index is 1020. The second-order valence-electron chi connectivity index (χ2n) is 9.75. The molecule has 2 N–H and O–H groups in total. The highest BCUT2D eigenvalue weighted by Gasteiger charge is 2.38. The predicted molar refractivity (Wildman–Crippen MR) is 135 cm³/mol. The van der Waals surface area contributed by atoms with Crippen LogP contribution < -0.4 is 5.73 Å². The molecular formula is C27H37N5O. The SMILES string of the molecule is CN(C)C(=O)N(CCCN)[C@@H](c1nc(-c2ccccc2)cn1Cc1ccccc1)C(C)(C)C. The molecule has 0 spiro atoms. The first kappa shape index (κ1) is 24.5. The lowest BCUT2D eigenvalue weighted by molar-refractivity contribution is 0.0923. The molecule has 3 aromatic rings. The average Bonchev–Trinajstić information content (AvgIpc) is 3.19. The van der Waals surface area contributed by atoms with Crippen LogP contribution >= 0.6 is 0 Å². The van der Waals surface area contributed by atoms with E-state index >= 15 is 0 Å². The summed E-state index contributed by atoms with van der Waals surface area (Å²) in [5.74, 6) is 0.887. The van der Waals surface area contributed by atoms with Gasteiger partial charge in [-0.3, -0.25) is 0 Å². The number of carbonyl (C=O) groups excluding carboxylic acids is 1. The van der Waals surface area contributed by atoms with Gasteiger partial charge in [0.05, 0.1) is 11.7 Å². The molecule has 0 aliphatic rings. The summed E-state index contributed by atoms with van der Waals surface area (Å²) in [5.41, 5.74) is 8.76. The molecule has 0 unspecified atom stereocenters. The average molecular weight is 448 g/mol. The quantitative estimate of drug-likeness (QED) is 0.527. The van der Waals surface area contributed by atoms with Crippen LogP contribution in [0.5, 0.6) is 0 Å². The van der Waals surface area contributed by atoms with Crippen molar-refractivity contribution in [1.82, 2.24) is 19.4 Å². The fourth-order valence-corrected chi connectivity index (χ4v) is 4.15. The topological polar surface area (TPSA) is 67.4 Å². The van der Waals surface area contributed by atoms with Gasteiger partial charge in [-0.2, -0.15) is 0 Å². The van der Waals surface area contributed by atoms with Crippen molar-refractivity contribution < 1.29 is 4.79 Å². The normalized spacial score (nSPS) is 12.4. The fourth-order valence-electron chi connectivity index (χ4n) is 4.15. The summed E-state index contributed by atoms with van der Waals surface area (Å²) in [6.07, 6.45) is 2.84. The van der Waals surface area contributed by atoms with Gasteiger partial charge >= 0.3 is 6.03 Å². The minimum Gasteiger partial charge on any atom is -0.331 e. The van der Waals surface area contributed by atoms with Crippen LogP contribution in [0.3, 0.4) is 0 Å². The van der Waals surface area contributed by atoms with Crippen LogP contribution in [0.25, 0.3) is 11.3 Å². The number of aromatic nitrogens is 2. The van der Waals surface area contributed by atoms with Gasteiger partial charge in [-0.15, -0.1) is 0 Å². The number of imidazole rings is 1. The summed E-state index contributed by atoms with van der Waals surface area (Å²) >= 11 is 0. The molecule has 0 aliphatic heterocycles. The predicted octanol–water partition coefficient (Wildman–Crippen LogP) is 5.02. The van der Waals surface area contributed by atoms with Gasteiger partial charge in [0.2, 0.25) is 0 Å². The molecule has 1 aromatic heterocycles. The van der Waals surface area contributed by atoms with Gasteiger partial charge in [-0.1, -0.05) is 81.4 Å². The monoisotopic (exact) mass is 447 g/mol.